The normalized spacial score (nSPS) is 28.4. The maximum absolute atomic E-state index is 11.5. The van der Waals surface area contributed by atoms with Crippen LogP contribution in [0.2, 0.25) is 0 Å². The molecule has 2 atom stereocenters. The summed E-state index contributed by atoms with van der Waals surface area (Å²) in [5, 5.41) is 5.56. The molecule has 0 aliphatic carbocycles. The third-order valence-electron chi connectivity index (χ3n) is 2.11. The van der Waals surface area contributed by atoms with Gasteiger partial charge in [0.05, 0.1) is 6.34 Å². The van der Waals surface area contributed by atoms with Gasteiger partial charge in [0, 0.05) is 14.1 Å². The number of guanidine groups is 1. The molecule has 0 aromatic rings. The zero-order valence-electron chi connectivity index (χ0n) is 8.64. The van der Waals surface area contributed by atoms with Crippen LogP contribution in [0.15, 0.2) is 22.3 Å². The predicted octanol–water partition coefficient (Wildman–Crippen LogP) is -1.08. The lowest BCUT2D eigenvalue weighted by molar-refractivity contribution is -0.121. The van der Waals surface area contributed by atoms with Gasteiger partial charge in [-0.1, -0.05) is 0 Å². The first-order valence-corrected chi connectivity index (χ1v) is 4.69. The van der Waals surface area contributed by atoms with Gasteiger partial charge in [-0.25, -0.2) is 9.98 Å². The van der Waals surface area contributed by atoms with Crippen LogP contribution in [-0.2, 0) is 4.79 Å². The molecule has 6 nitrogen and oxygen atoms in total. The van der Waals surface area contributed by atoms with E-state index in [1.165, 1.54) is 0 Å². The van der Waals surface area contributed by atoms with Gasteiger partial charge in [0.2, 0.25) is 5.96 Å². The lowest BCUT2D eigenvalue weighted by atomic mass is 10.1. The molecular formula is C9H13N5O. The Hall–Kier alpha value is -1.85. The molecule has 15 heavy (non-hydrogen) atoms. The van der Waals surface area contributed by atoms with Gasteiger partial charge in [-0.2, -0.15) is 0 Å². The molecule has 0 aromatic heterocycles. The minimum Gasteiger partial charge on any atom is -0.378 e. The van der Waals surface area contributed by atoms with E-state index < -0.39 is 0 Å². The molecule has 6 heteroatoms. The smallest absolute Gasteiger partial charge is 0.251 e. The Morgan fingerprint density at radius 3 is 3.13 bits per heavy atom. The van der Waals surface area contributed by atoms with Gasteiger partial charge in [-0.3, -0.25) is 10.1 Å². The van der Waals surface area contributed by atoms with Crippen molar-refractivity contribution in [2.75, 3.05) is 14.1 Å². The van der Waals surface area contributed by atoms with E-state index in [9.17, 15) is 4.79 Å². The van der Waals surface area contributed by atoms with Crippen LogP contribution in [0, 0.1) is 0 Å². The molecule has 0 aromatic carbocycles. The average molecular weight is 207 g/mol. The molecule has 0 radical (unpaired) electrons. The Morgan fingerprint density at radius 2 is 2.40 bits per heavy atom. The van der Waals surface area contributed by atoms with Gasteiger partial charge in [-0.05, 0) is 12.3 Å². The van der Waals surface area contributed by atoms with Crippen LogP contribution in [0.1, 0.15) is 0 Å². The highest BCUT2D eigenvalue weighted by molar-refractivity contribution is 6.04. The summed E-state index contributed by atoms with van der Waals surface area (Å²) in [7, 11) is 3.71. The molecule has 2 aliphatic rings. The third-order valence-corrected chi connectivity index (χ3v) is 2.11. The fourth-order valence-electron chi connectivity index (χ4n) is 1.41. The van der Waals surface area contributed by atoms with E-state index >= 15 is 0 Å². The van der Waals surface area contributed by atoms with Crippen molar-refractivity contribution < 1.29 is 4.79 Å². The van der Waals surface area contributed by atoms with E-state index in [0.29, 0.717) is 5.96 Å². The highest BCUT2D eigenvalue weighted by Crippen LogP contribution is 2.11. The number of nitrogens with one attached hydrogen (secondary N) is 2. The summed E-state index contributed by atoms with van der Waals surface area (Å²) in [6.07, 6.45) is 5.21. The SMILES string of the molecule is CN(C)/C=N/C1=NC2C=CNC2C(=O)N1. The summed E-state index contributed by atoms with van der Waals surface area (Å²) in [5.41, 5.74) is 0. The second-order valence-corrected chi connectivity index (χ2v) is 3.64. The first-order valence-electron chi connectivity index (χ1n) is 4.69. The molecule has 0 saturated carbocycles. The molecule has 2 heterocycles. The van der Waals surface area contributed by atoms with E-state index in [4.69, 9.17) is 0 Å². The second-order valence-electron chi connectivity index (χ2n) is 3.64. The number of carbonyl (C=O) groups excluding carboxylic acids is 1. The number of nitrogens with zero attached hydrogens (tertiary/aromatic N) is 3. The summed E-state index contributed by atoms with van der Waals surface area (Å²) >= 11 is 0. The zero-order chi connectivity index (χ0) is 10.8. The summed E-state index contributed by atoms with van der Waals surface area (Å²) in [6.45, 7) is 0. The molecule has 0 fully saturated rings. The van der Waals surface area contributed by atoms with Crippen LogP contribution in [0.5, 0.6) is 0 Å². The molecule has 0 spiro atoms. The first-order chi connectivity index (χ1) is 7.16. The Bertz CT molecular complexity index is 358. The zero-order valence-corrected chi connectivity index (χ0v) is 8.64. The summed E-state index contributed by atoms with van der Waals surface area (Å²) in [6, 6.07) is -0.406. The van der Waals surface area contributed by atoms with Gasteiger partial charge in [0.15, 0.2) is 0 Å². The molecule has 2 aliphatic heterocycles. The molecule has 2 rings (SSSR count). The molecule has 0 bridgehead atoms. The fraction of sp³-hybridized carbons (Fsp3) is 0.444. The number of hydrogen-bond donors (Lipinski definition) is 2. The van der Waals surface area contributed by atoms with Crippen molar-refractivity contribution in [1.82, 2.24) is 15.5 Å². The van der Waals surface area contributed by atoms with E-state index in [1.807, 2.05) is 20.2 Å². The summed E-state index contributed by atoms with van der Waals surface area (Å²) in [4.78, 5) is 21.7. The number of fused-ring (bicyclic) bond motifs is 1. The van der Waals surface area contributed by atoms with Crippen LogP contribution in [0.3, 0.4) is 0 Å². The van der Waals surface area contributed by atoms with Crippen molar-refractivity contribution in [3.63, 3.8) is 0 Å². The lowest BCUT2D eigenvalue weighted by Gasteiger charge is -2.21. The van der Waals surface area contributed by atoms with Crippen LogP contribution in [0.4, 0.5) is 0 Å². The van der Waals surface area contributed by atoms with Crippen LogP contribution >= 0.6 is 0 Å². The fourth-order valence-corrected chi connectivity index (χ4v) is 1.41. The molecule has 1 amide bonds. The van der Waals surface area contributed by atoms with Crippen LogP contribution < -0.4 is 10.6 Å². The van der Waals surface area contributed by atoms with E-state index in [0.717, 1.165) is 0 Å². The highest BCUT2D eigenvalue weighted by atomic mass is 16.2. The second kappa shape index (κ2) is 3.72. The molecule has 2 N–H and O–H groups in total. The van der Waals surface area contributed by atoms with Gasteiger partial charge < -0.3 is 10.2 Å². The van der Waals surface area contributed by atoms with Crippen molar-refractivity contribution in [3.05, 3.63) is 12.3 Å². The molecular weight excluding hydrogens is 194 g/mol. The number of hydrogen-bond acceptors (Lipinski definition) is 4. The summed E-state index contributed by atoms with van der Waals surface area (Å²) < 4.78 is 0. The monoisotopic (exact) mass is 207 g/mol. The minimum atomic E-state index is -0.275. The predicted molar refractivity (Wildman–Crippen MR) is 57.6 cm³/mol. The van der Waals surface area contributed by atoms with Gasteiger partial charge in [0.25, 0.3) is 5.91 Å². The number of rotatable bonds is 1. The van der Waals surface area contributed by atoms with E-state index in [1.54, 1.807) is 17.4 Å². The number of carbonyl (C=O) groups is 1. The van der Waals surface area contributed by atoms with Crippen LogP contribution in [-0.4, -0.2) is 49.3 Å². The number of amides is 1. The third kappa shape index (κ3) is 1.98. The van der Waals surface area contributed by atoms with Gasteiger partial charge in [-0.15, -0.1) is 0 Å². The Morgan fingerprint density at radius 1 is 1.60 bits per heavy atom. The Labute approximate surface area is 87.8 Å². The van der Waals surface area contributed by atoms with Crippen molar-refractivity contribution in [2.45, 2.75) is 12.1 Å². The van der Waals surface area contributed by atoms with Crippen molar-refractivity contribution in [2.24, 2.45) is 9.98 Å². The van der Waals surface area contributed by atoms with E-state index in [2.05, 4.69) is 20.6 Å². The summed E-state index contributed by atoms with van der Waals surface area (Å²) in [5.74, 6) is 0.272. The Balaban J connectivity index is 2.13. The largest absolute Gasteiger partial charge is 0.378 e. The van der Waals surface area contributed by atoms with Crippen molar-refractivity contribution in [3.8, 4) is 0 Å². The number of aliphatic imine (C=N–C) groups is 2. The van der Waals surface area contributed by atoms with Crippen LogP contribution in [0.25, 0.3) is 0 Å². The van der Waals surface area contributed by atoms with Crippen molar-refractivity contribution >= 4 is 18.2 Å². The van der Waals surface area contributed by atoms with Crippen molar-refractivity contribution in [1.29, 1.82) is 0 Å². The molecule has 0 saturated heterocycles. The maximum atomic E-state index is 11.5. The molecule has 2 unspecified atom stereocenters. The Kier molecular flexibility index (Phi) is 2.40. The standard InChI is InChI=1S/C9H13N5O/c1-14(2)5-11-9-12-6-3-4-10-7(6)8(15)13-9/h3-7,10H,1-2H3,(H,12,13,15)/b11-5+. The minimum absolute atomic E-state index is 0.0918. The quantitative estimate of drug-likeness (QED) is 0.424. The van der Waals surface area contributed by atoms with Gasteiger partial charge >= 0.3 is 0 Å². The first kappa shape index (κ1) is 9.70. The van der Waals surface area contributed by atoms with E-state index in [-0.39, 0.29) is 18.0 Å². The average Bonchev–Trinajstić information content (AvgIpc) is 2.63. The lowest BCUT2D eigenvalue weighted by Crippen LogP contribution is -2.51. The maximum Gasteiger partial charge on any atom is 0.251 e. The van der Waals surface area contributed by atoms with Gasteiger partial charge in [0.1, 0.15) is 12.1 Å². The molecule has 80 valence electrons. The topological polar surface area (TPSA) is 69.1 Å². The highest BCUT2D eigenvalue weighted by Gasteiger charge is 2.33.